The lowest BCUT2D eigenvalue weighted by Gasteiger charge is -2.31. The van der Waals surface area contributed by atoms with Crippen molar-refractivity contribution in [3.05, 3.63) is 35.9 Å². The van der Waals surface area contributed by atoms with E-state index in [2.05, 4.69) is 66.8 Å². The van der Waals surface area contributed by atoms with E-state index in [0.717, 1.165) is 6.42 Å². The van der Waals surface area contributed by atoms with E-state index in [9.17, 15) is 24.0 Å². The highest BCUT2D eigenvalue weighted by molar-refractivity contribution is 7.82. The van der Waals surface area contributed by atoms with Crippen molar-refractivity contribution in [2.45, 2.75) is 72.2 Å². The zero-order valence-corrected chi connectivity index (χ0v) is 26.1. The summed E-state index contributed by atoms with van der Waals surface area (Å²) in [6.45, 7) is 14.1. The Morgan fingerprint density at radius 3 is 1.62 bits per heavy atom. The van der Waals surface area contributed by atoms with Gasteiger partial charge in [0.05, 0.1) is 38.4 Å². The first-order valence-electron chi connectivity index (χ1n) is 13.4. The molecule has 0 fully saturated rings. The van der Waals surface area contributed by atoms with Crippen LogP contribution in [-0.2, 0) is 28.7 Å². The van der Waals surface area contributed by atoms with Gasteiger partial charge in [0, 0.05) is 5.92 Å². The number of rotatable bonds is 15. The van der Waals surface area contributed by atoms with E-state index in [1.165, 1.54) is 5.56 Å². The van der Waals surface area contributed by atoms with E-state index in [1.807, 2.05) is 32.0 Å². The molecule has 0 aromatic heterocycles. The maximum Gasteiger partial charge on any atom is 0.239 e. The van der Waals surface area contributed by atoms with Gasteiger partial charge in [-0.25, -0.2) is 0 Å². The summed E-state index contributed by atoms with van der Waals surface area (Å²) in [5, 5.41) is 9.56. The Morgan fingerprint density at radius 1 is 0.775 bits per heavy atom. The standard InChI is InChI=1S/C22H40N4O6S.C7H8/c1-14(2)8-21(5,6)32-13-22(7,33)20(31)26-12-19(30)25-11-18(29)24-10-17(28)23-9-16(27)15(3)4;1-7-5-3-2-4-6-7/h14-15,33H,8-13H2,1-7H3,(H,23,28)(H,24,29)(H,25,30)(H,26,31);2-6H,1H3. The lowest BCUT2D eigenvalue weighted by molar-refractivity contribution is -0.130. The molecule has 1 aromatic rings. The topological polar surface area (TPSA) is 143 Å². The zero-order chi connectivity index (χ0) is 30.9. The summed E-state index contributed by atoms with van der Waals surface area (Å²) in [5.74, 6) is -2.02. The minimum Gasteiger partial charge on any atom is -0.374 e. The van der Waals surface area contributed by atoms with Crippen LogP contribution in [0.5, 0.6) is 0 Å². The number of benzene rings is 1. The number of Topliss-reactive ketones (excluding diaryl/α,β-unsaturated/α-hetero) is 1. The molecule has 0 aliphatic carbocycles. The lowest BCUT2D eigenvalue weighted by Crippen LogP contribution is -2.49. The van der Waals surface area contributed by atoms with Crippen molar-refractivity contribution in [3.8, 4) is 0 Å². The van der Waals surface area contributed by atoms with Gasteiger partial charge < -0.3 is 26.0 Å². The largest absolute Gasteiger partial charge is 0.374 e. The number of hydrogen-bond donors (Lipinski definition) is 5. The first kappa shape index (κ1) is 37.1. The number of carbonyl (C=O) groups excluding carboxylic acids is 5. The SMILES string of the molecule is CC(C)CC(C)(C)OCC(C)(S)C(=O)NCC(=O)NCC(=O)NCC(=O)NCC(=O)C(C)C.Cc1ccccc1. The number of ether oxygens (including phenoxy) is 1. The maximum atomic E-state index is 12.4. The van der Waals surface area contributed by atoms with Gasteiger partial charge in [-0.1, -0.05) is 63.6 Å². The fraction of sp³-hybridized carbons (Fsp3) is 0.621. The summed E-state index contributed by atoms with van der Waals surface area (Å²) in [6.07, 6.45) is 0.820. The number of thiol groups is 1. The van der Waals surface area contributed by atoms with E-state index >= 15 is 0 Å². The molecule has 0 spiro atoms. The third kappa shape index (κ3) is 18.4. The minimum atomic E-state index is -1.14. The lowest BCUT2D eigenvalue weighted by atomic mass is 9.96. The number of nitrogens with one attached hydrogen (secondary N) is 4. The summed E-state index contributed by atoms with van der Waals surface area (Å²) in [4.78, 5) is 59.1. The van der Waals surface area contributed by atoms with Crippen LogP contribution < -0.4 is 21.3 Å². The second kappa shape index (κ2) is 18.4. The third-order valence-corrected chi connectivity index (χ3v) is 5.81. The number of hydrogen-bond acceptors (Lipinski definition) is 7. The summed E-state index contributed by atoms with van der Waals surface area (Å²) in [7, 11) is 0. The molecule has 0 aliphatic heterocycles. The molecule has 4 N–H and O–H groups in total. The van der Waals surface area contributed by atoms with Gasteiger partial charge in [0.25, 0.3) is 0 Å². The Kier molecular flexibility index (Phi) is 17.1. The van der Waals surface area contributed by atoms with Crippen LogP contribution in [0.25, 0.3) is 0 Å². The van der Waals surface area contributed by atoms with Crippen molar-refractivity contribution in [2.24, 2.45) is 11.8 Å². The Bertz CT molecular complexity index is 965. The number of carbonyl (C=O) groups is 5. The molecule has 10 nitrogen and oxygen atoms in total. The first-order valence-corrected chi connectivity index (χ1v) is 13.9. The van der Waals surface area contributed by atoms with Crippen LogP contribution in [0.1, 0.15) is 60.5 Å². The highest BCUT2D eigenvalue weighted by atomic mass is 32.1. The average Bonchev–Trinajstić information content (AvgIpc) is 2.86. The quantitative estimate of drug-likeness (QED) is 0.201. The predicted octanol–water partition coefficient (Wildman–Crippen LogP) is 2.20. The first-order chi connectivity index (χ1) is 18.4. The molecule has 0 aliphatic rings. The third-order valence-electron chi connectivity index (χ3n) is 5.48. The van der Waals surface area contributed by atoms with Crippen LogP contribution in [0.3, 0.4) is 0 Å². The molecule has 0 bridgehead atoms. The van der Waals surface area contributed by atoms with Crippen LogP contribution >= 0.6 is 12.6 Å². The van der Waals surface area contributed by atoms with Crippen LogP contribution in [0, 0.1) is 18.8 Å². The molecule has 0 heterocycles. The van der Waals surface area contributed by atoms with E-state index in [0.29, 0.717) is 5.92 Å². The Balaban J connectivity index is 0.00000187. The molecule has 0 radical (unpaired) electrons. The fourth-order valence-electron chi connectivity index (χ4n) is 3.26. The normalized spacial score (nSPS) is 12.5. The molecule has 1 atom stereocenters. The maximum absolute atomic E-state index is 12.4. The van der Waals surface area contributed by atoms with Gasteiger partial charge in [0.2, 0.25) is 23.6 Å². The van der Waals surface area contributed by atoms with E-state index < -0.39 is 34.0 Å². The van der Waals surface area contributed by atoms with Crippen molar-refractivity contribution < 1.29 is 28.7 Å². The van der Waals surface area contributed by atoms with Crippen LogP contribution in [-0.4, -0.2) is 72.5 Å². The Morgan fingerprint density at radius 2 is 1.23 bits per heavy atom. The van der Waals surface area contributed by atoms with Crippen molar-refractivity contribution in [3.63, 3.8) is 0 Å². The van der Waals surface area contributed by atoms with Gasteiger partial charge in [0.1, 0.15) is 4.75 Å². The number of aryl methyl sites for hydroxylation is 1. The summed E-state index contributed by atoms with van der Waals surface area (Å²) in [6, 6.07) is 10.3. The highest BCUT2D eigenvalue weighted by Crippen LogP contribution is 2.24. The molecular weight excluding hydrogens is 532 g/mol. The van der Waals surface area contributed by atoms with Gasteiger partial charge in [-0.15, -0.1) is 0 Å². The van der Waals surface area contributed by atoms with Gasteiger partial charge in [-0.2, -0.15) is 12.6 Å². The molecule has 40 heavy (non-hydrogen) atoms. The average molecular weight is 581 g/mol. The smallest absolute Gasteiger partial charge is 0.239 e. The van der Waals surface area contributed by atoms with E-state index in [1.54, 1.807) is 20.8 Å². The molecule has 4 amide bonds. The summed E-state index contributed by atoms with van der Waals surface area (Å²) >= 11 is 4.37. The zero-order valence-electron chi connectivity index (χ0n) is 25.2. The van der Waals surface area contributed by atoms with Crippen molar-refractivity contribution >= 4 is 42.0 Å². The fourth-order valence-corrected chi connectivity index (χ4v) is 3.41. The van der Waals surface area contributed by atoms with Crippen molar-refractivity contribution in [1.82, 2.24) is 21.3 Å². The van der Waals surface area contributed by atoms with Gasteiger partial charge in [-0.05, 0) is 40.0 Å². The van der Waals surface area contributed by atoms with Crippen LogP contribution in [0.4, 0.5) is 0 Å². The number of ketones is 1. The molecular formula is C29H48N4O6S. The van der Waals surface area contributed by atoms with Crippen molar-refractivity contribution in [1.29, 1.82) is 0 Å². The second-order valence-electron chi connectivity index (χ2n) is 11.2. The predicted molar refractivity (Wildman–Crippen MR) is 160 cm³/mol. The molecule has 11 heteroatoms. The van der Waals surface area contributed by atoms with Crippen LogP contribution in [0.15, 0.2) is 30.3 Å². The summed E-state index contributed by atoms with van der Waals surface area (Å²) in [5.41, 5.74) is 0.909. The van der Waals surface area contributed by atoms with Crippen LogP contribution in [0.2, 0.25) is 0 Å². The van der Waals surface area contributed by atoms with Gasteiger partial charge in [0.15, 0.2) is 5.78 Å². The molecule has 0 saturated heterocycles. The van der Waals surface area contributed by atoms with E-state index in [-0.39, 0.29) is 44.5 Å². The highest BCUT2D eigenvalue weighted by Gasteiger charge is 2.32. The second-order valence-corrected chi connectivity index (χ2v) is 12.2. The Labute approximate surface area is 244 Å². The molecule has 0 saturated carbocycles. The Hall–Kier alpha value is -2.92. The summed E-state index contributed by atoms with van der Waals surface area (Å²) < 4.78 is 4.72. The number of amides is 4. The minimum absolute atomic E-state index is 0.0660. The molecule has 1 aromatic carbocycles. The van der Waals surface area contributed by atoms with E-state index in [4.69, 9.17) is 4.74 Å². The van der Waals surface area contributed by atoms with Gasteiger partial charge >= 0.3 is 0 Å². The van der Waals surface area contributed by atoms with Crippen molar-refractivity contribution in [2.75, 3.05) is 32.8 Å². The van der Waals surface area contributed by atoms with Gasteiger partial charge in [-0.3, -0.25) is 24.0 Å². The monoisotopic (exact) mass is 580 g/mol. The molecule has 1 rings (SSSR count). The molecule has 226 valence electrons. The molecule has 1 unspecified atom stereocenters.